The average molecular weight is 1390 g/mol. The van der Waals surface area contributed by atoms with E-state index < -0.39 is 7.60 Å². The molecule has 0 saturated carbocycles. The van der Waals surface area contributed by atoms with Gasteiger partial charge in [-0.25, -0.2) is 4.85 Å². The Morgan fingerprint density at radius 1 is 0.375 bits per heavy atom. The van der Waals surface area contributed by atoms with E-state index in [0.717, 1.165) is 85.8 Å². The monoisotopic (exact) mass is 1390 g/mol. The molecular formula is C88H80N7O8P. The second kappa shape index (κ2) is 39.2. The van der Waals surface area contributed by atoms with Gasteiger partial charge < -0.3 is 38.0 Å². The van der Waals surface area contributed by atoms with E-state index in [4.69, 9.17) is 40.4 Å². The molecule has 0 N–H and O–H groups in total. The molecule has 0 bridgehead atoms. The third-order valence-electron chi connectivity index (χ3n) is 15.9. The number of hydrogen-bond donors (Lipinski definition) is 0. The van der Waals surface area contributed by atoms with Gasteiger partial charge in [0.2, 0.25) is 0 Å². The van der Waals surface area contributed by atoms with Crippen molar-refractivity contribution in [2.45, 2.75) is 48.2 Å². The van der Waals surface area contributed by atoms with Crippen LogP contribution < -0.4 is 28.9 Å². The van der Waals surface area contributed by atoms with Crippen molar-refractivity contribution in [3.8, 4) is 35.5 Å². The Balaban J connectivity index is 0.000000243. The second-order valence-electron chi connectivity index (χ2n) is 22.6. The number of aldehydes is 2. The maximum absolute atomic E-state index is 12.5. The van der Waals surface area contributed by atoms with Crippen molar-refractivity contribution in [1.29, 1.82) is 15.8 Å². The van der Waals surface area contributed by atoms with Crippen LogP contribution in [0.4, 0.5) is 56.9 Å². The fraction of sp³-hybridized carbons (Fsp3) is 0.136. The summed E-state index contributed by atoms with van der Waals surface area (Å²) < 4.78 is 39.7. The maximum Gasteiger partial charge on any atom is 0.335 e. The van der Waals surface area contributed by atoms with Crippen LogP contribution in [0.3, 0.4) is 0 Å². The number of benzene rings is 11. The molecule has 15 nitrogen and oxygen atoms in total. The Labute approximate surface area is 610 Å². The van der Waals surface area contributed by atoms with Crippen LogP contribution in [0.5, 0.6) is 17.2 Å². The van der Waals surface area contributed by atoms with Crippen molar-refractivity contribution in [3.05, 3.63) is 328 Å². The summed E-state index contributed by atoms with van der Waals surface area (Å²) in [5, 5.41) is 28.3. The fourth-order valence-corrected chi connectivity index (χ4v) is 12.8. The fourth-order valence-electron chi connectivity index (χ4n) is 11.1. The van der Waals surface area contributed by atoms with Gasteiger partial charge in [0, 0.05) is 62.3 Å². The summed E-state index contributed by atoms with van der Waals surface area (Å²) in [6.07, 6.45) is 8.99. The minimum atomic E-state index is -3.38. The van der Waals surface area contributed by atoms with E-state index in [9.17, 15) is 19.4 Å². The minimum absolute atomic E-state index is 0. The lowest BCUT2D eigenvalue weighted by Gasteiger charge is -2.25. The van der Waals surface area contributed by atoms with Gasteiger partial charge in [-0.15, -0.1) is 0 Å². The van der Waals surface area contributed by atoms with Gasteiger partial charge in [0.25, 0.3) is 0 Å². The Bertz CT molecular complexity index is 4680. The second-order valence-corrected chi connectivity index (χ2v) is 24.7. The molecule has 11 rings (SSSR count). The number of carbonyl (C=O) groups is 2. The molecule has 0 radical (unpaired) electrons. The Kier molecular flexibility index (Phi) is 29.0. The summed E-state index contributed by atoms with van der Waals surface area (Å²) in [4.78, 5) is 32.2. The van der Waals surface area contributed by atoms with Crippen LogP contribution in [0.15, 0.2) is 261 Å². The molecule has 0 unspecified atom stereocenters. The quantitative estimate of drug-likeness (QED) is 0.0205. The van der Waals surface area contributed by atoms with Gasteiger partial charge in [-0.3, -0.25) is 14.2 Å². The van der Waals surface area contributed by atoms with Gasteiger partial charge >= 0.3 is 7.60 Å². The van der Waals surface area contributed by atoms with Crippen molar-refractivity contribution in [3.63, 3.8) is 0 Å². The van der Waals surface area contributed by atoms with Crippen molar-refractivity contribution in [2.75, 3.05) is 47.7 Å². The van der Waals surface area contributed by atoms with Crippen LogP contribution in [0, 0.1) is 40.6 Å². The number of hydrogen-bond acceptors (Lipinski definition) is 14. The highest BCUT2D eigenvalue weighted by Gasteiger charge is 2.27. The first-order chi connectivity index (χ1) is 50.4. The van der Waals surface area contributed by atoms with Crippen LogP contribution in [0.2, 0.25) is 0 Å². The Morgan fingerprint density at radius 3 is 1.01 bits per heavy atom. The largest absolute Gasteiger partial charge is 0.494 e. The van der Waals surface area contributed by atoms with E-state index in [1.54, 1.807) is 26.0 Å². The van der Waals surface area contributed by atoms with Crippen molar-refractivity contribution < 1.29 is 37.4 Å². The van der Waals surface area contributed by atoms with Crippen LogP contribution in [0.25, 0.3) is 29.1 Å². The zero-order chi connectivity index (χ0) is 72.8. The summed E-state index contributed by atoms with van der Waals surface area (Å²) in [6, 6.07) is 91.3. The third-order valence-corrected chi connectivity index (χ3v) is 17.9. The van der Waals surface area contributed by atoms with Crippen LogP contribution in [0.1, 0.15) is 107 Å². The third kappa shape index (κ3) is 20.7. The van der Waals surface area contributed by atoms with E-state index in [2.05, 4.69) is 135 Å². The standard InChI is InChI=1S/C52H42N4O2.C21H19NO2.C14H15N2O4P.CH4/c1-4-57-50-32-28-48(29-33-50)55(44-12-8-6-9-13-44)46-24-18-39(19-25-46)16-22-41-37-52(54-3)42(36-43(41)38-53)23-17-40-20-26-47(27-21-40)56(45-14-10-7-11-15-45)49-30-34-51(35-31-49)58-5-2;1-2-24-21-14-12-20(13-15-21)22(18-6-4-3-5-7-18)19-10-8-17(16-23)9-11-19;1-3-19-21(18,20-4-2)10-14-6-11(7-15)13(9-17)5-12(14)8-16;/h6-37H,4-5H2,1-2H3;3-16H,2H2,1H3;5-6,9H,3-4,10H2,1-2H3;1H4/b22-16+,23-17+;;;. The lowest BCUT2D eigenvalue weighted by atomic mass is 10.0. The number of carbonyl (C=O) groups excluding carboxylic acids is 2. The maximum atomic E-state index is 12.5. The molecule has 0 amide bonds. The molecule has 104 heavy (non-hydrogen) atoms. The minimum Gasteiger partial charge on any atom is -0.494 e. The van der Waals surface area contributed by atoms with Crippen LogP contribution in [-0.4, -0.2) is 45.6 Å². The Morgan fingerprint density at radius 2 is 0.692 bits per heavy atom. The molecule has 0 aromatic heterocycles. The van der Waals surface area contributed by atoms with E-state index in [1.807, 2.05) is 185 Å². The van der Waals surface area contributed by atoms with Gasteiger partial charge in [0.05, 0.1) is 80.7 Å². The zero-order valence-electron chi connectivity index (χ0n) is 57.9. The topological polar surface area (TPSA) is 183 Å². The molecule has 520 valence electrons. The molecule has 0 aliphatic heterocycles. The molecule has 0 aliphatic rings. The van der Waals surface area contributed by atoms with Gasteiger partial charge in [0.15, 0.2) is 12.0 Å². The van der Waals surface area contributed by atoms with E-state index >= 15 is 0 Å². The predicted molar refractivity (Wildman–Crippen MR) is 420 cm³/mol. The number of nitrogens with zero attached hydrogens (tertiary/aromatic N) is 7. The number of nitriles is 3. The molecule has 11 aromatic carbocycles. The SMILES string of the molecule is C.CCOP(=O)(Cc1cc(C#N)c(C=O)cc1C#N)OCC.CCOc1ccc(N(c2ccccc2)c2ccc(C=O)cc2)cc1.[C-]#[N+]c1cc(/C=C/c2ccc(N(c3ccccc3)c3ccc(OCC)cc3)cc2)c(C#N)cc1/C=C/c1ccc(N(c2ccccc2)c2ccc(OCC)cc2)cc1. The molecular weight excluding hydrogens is 1310 g/mol. The number of para-hydroxylation sites is 3. The summed E-state index contributed by atoms with van der Waals surface area (Å²) >= 11 is 0. The number of anilines is 9. The van der Waals surface area contributed by atoms with E-state index in [-0.39, 0.29) is 43.5 Å². The molecule has 0 fully saturated rings. The summed E-state index contributed by atoms with van der Waals surface area (Å²) in [5.41, 5.74) is 15.0. The van der Waals surface area contributed by atoms with E-state index in [1.165, 1.54) is 12.1 Å². The van der Waals surface area contributed by atoms with Gasteiger partial charge in [0.1, 0.15) is 23.5 Å². The lowest BCUT2D eigenvalue weighted by Crippen LogP contribution is -2.09. The molecule has 11 aromatic rings. The number of ether oxygens (including phenoxy) is 3. The first-order valence-electron chi connectivity index (χ1n) is 33.5. The van der Waals surface area contributed by atoms with Crippen LogP contribution >= 0.6 is 7.60 Å². The van der Waals surface area contributed by atoms with Gasteiger partial charge in [-0.2, -0.15) is 15.8 Å². The lowest BCUT2D eigenvalue weighted by molar-refractivity contribution is 0.111. The molecule has 16 heteroatoms. The average Bonchev–Trinajstić information content (AvgIpc) is 0.829. The highest BCUT2D eigenvalue weighted by atomic mass is 31.2. The predicted octanol–water partition coefficient (Wildman–Crippen LogP) is 23.2. The first-order valence-corrected chi connectivity index (χ1v) is 35.3. The summed E-state index contributed by atoms with van der Waals surface area (Å²) in [5.74, 6) is 2.52. The zero-order valence-corrected chi connectivity index (χ0v) is 58.8. The van der Waals surface area contributed by atoms with Gasteiger partial charge in [-0.05, 0) is 244 Å². The highest BCUT2D eigenvalue weighted by Crippen LogP contribution is 2.52. The molecule has 0 atom stereocenters. The summed E-state index contributed by atoms with van der Waals surface area (Å²) in [6.45, 7) is 19.6. The Hall–Kier alpha value is -12.9. The first kappa shape index (κ1) is 76.9. The van der Waals surface area contributed by atoms with Crippen molar-refractivity contribution in [1.82, 2.24) is 0 Å². The summed E-state index contributed by atoms with van der Waals surface area (Å²) in [7, 11) is -3.38. The van der Waals surface area contributed by atoms with E-state index in [0.29, 0.717) is 59.6 Å². The molecule has 0 heterocycles. The van der Waals surface area contributed by atoms with Crippen molar-refractivity contribution in [2.24, 2.45) is 0 Å². The van der Waals surface area contributed by atoms with Crippen molar-refractivity contribution >= 4 is 101 Å². The van der Waals surface area contributed by atoms with Crippen LogP contribution in [-0.2, 0) is 19.8 Å². The van der Waals surface area contributed by atoms with Gasteiger partial charge in [-0.1, -0.05) is 111 Å². The highest BCUT2D eigenvalue weighted by molar-refractivity contribution is 7.53. The molecule has 0 aliphatic carbocycles. The molecule has 0 spiro atoms. The molecule has 0 saturated heterocycles. The number of rotatable bonds is 27. The normalized spacial score (nSPS) is 10.6. The smallest absolute Gasteiger partial charge is 0.335 e.